The van der Waals surface area contributed by atoms with E-state index < -0.39 is 0 Å². The van der Waals surface area contributed by atoms with Crippen molar-refractivity contribution in [1.29, 1.82) is 0 Å². The van der Waals surface area contributed by atoms with Gasteiger partial charge in [-0.05, 0) is 60.5 Å². The summed E-state index contributed by atoms with van der Waals surface area (Å²) in [4.78, 5) is 24.4. The third-order valence-corrected chi connectivity index (χ3v) is 5.87. The Morgan fingerprint density at radius 2 is 1.64 bits per heavy atom. The van der Waals surface area contributed by atoms with E-state index in [2.05, 4.69) is 22.3 Å². The van der Waals surface area contributed by atoms with Crippen molar-refractivity contribution in [2.75, 3.05) is 23.3 Å². The minimum atomic E-state index is -0.344. The van der Waals surface area contributed by atoms with E-state index in [4.69, 9.17) is 14.4 Å². The van der Waals surface area contributed by atoms with Crippen LogP contribution in [0.2, 0.25) is 0 Å². The van der Waals surface area contributed by atoms with Crippen LogP contribution in [0.3, 0.4) is 0 Å². The molecule has 0 atom stereocenters. The van der Waals surface area contributed by atoms with Gasteiger partial charge >= 0.3 is 0 Å². The van der Waals surface area contributed by atoms with Gasteiger partial charge in [-0.1, -0.05) is 42.5 Å². The molecule has 36 heavy (non-hydrogen) atoms. The van der Waals surface area contributed by atoms with Gasteiger partial charge in [-0.2, -0.15) is 0 Å². The lowest BCUT2D eigenvalue weighted by atomic mass is 10.1. The van der Waals surface area contributed by atoms with Gasteiger partial charge in [0.15, 0.2) is 11.6 Å². The Hall–Kier alpha value is -4.52. The van der Waals surface area contributed by atoms with Gasteiger partial charge in [0.2, 0.25) is 5.91 Å². The molecule has 5 aromatic rings. The Morgan fingerprint density at radius 3 is 2.42 bits per heavy atom. The number of hydrogen-bond donors (Lipinski definition) is 1. The second kappa shape index (κ2) is 10.8. The standard InChI is InChI=1S/C29H25FN4O2/c30-22-12-14-23(15-13-22)31-27(35)17-19-34(18-16-21-7-2-1-3-8-21)29-24-9-4-5-10-25(24)32-28(33-29)26-11-6-20-36-26/h1-15,20H,16-19H2,(H,31,35). The maximum atomic E-state index is 13.2. The summed E-state index contributed by atoms with van der Waals surface area (Å²) >= 11 is 0. The van der Waals surface area contributed by atoms with Crippen LogP contribution < -0.4 is 10.2 Å². The van der Waals surface area contributed by atoms with Gasteiger partial charge in [-0.3, -0.25) is 4.79 Å². The van der Waals surface area contributed by atoms with Gasteiger partial charge < -0.3 is 14.6 Å². The van der Waals surface area contributed by atoms with Crippen LogP contribution in [0.5, 0.6) is 0 Å². The minimum Gasteiger partial charge on any atom is -0.461 e. The summed E-state index contributed by atoms with van der Waals surface area (Å²) in [5.41, 5.74) is 2.56. The molecule has 0 saturated heterocycles. The average molecular weight is 481 g/mol. The highest BCUT2D eigenvalue weighted by molar-refractivity contribution is 5.93. The molecule has 180 valence electrons. The lowest BCUT2D eigenvalue weighted by Gasteiger charge is -2.25. The van der Waals surface area contributed by atoms with Crippen LogP contribution in [0.4, 0.5) is 15.9 Å². The fourth-order valence-electron chi connectivity index (χ4n) is 4.04. The van der Waals surface area contributed by atoms with Gasteiger partial charge in [-0.25, -0.2) is 14.4 Å². The van der Waals surface area contributed by atoms with Crippen molar-refractivity contribution in [3.8, 4) is 11.6 Å². The van der Waals surface area contributed by atoms with E-state index in [0.717, 1.165) is 23.1 Å². The first-order chi connectivity index (χ1) is 17.7. The number of anilines is 2. The molecular formula is C29H25FN4O2. The van der Waals surface area contributed by atoms with Crippen molar-refractivity contribution in [3.05, 3.63) is 109 Å². The molecule has 2 heterocycles. The number of hydrogen-bond acceptors (Lipinski definition) is 5. The van der Waals surface area contributed by atoms with Gasteiger partial charge in [-0.15, -0.1) is 0 Å². The molecule has 1 N–H and O–H groups in total. The summed E-state index contributed by atoms with van der Waals surface area (Å²) in [6.45, 7) is 1.10. The predicted molar refractivity (Wildman–Crippen MR) is 139 cm³/mol. The Labute approximate surface area is 208 Å². The van der Waals surface area contributed by atoms with Gasteiger partial charge in [0.05, 0.1) is 11.8 Å². The van der Waals surface area contributed by atoms with Crippen LogP contribution in [-0.4, -0.2) is 29.0 Å². The molecule has 0 aliphatic rings. The molecule has 3 aromatic carbocycles. The van der Waals surface area contributed by atoms with Crippen LogP contribution in [0, 0.1) is 5.82 Å². The Morgan fingerprint density at radius 1 is 0.861 bits per heavy atom. The Balaban J connectivity index is 1.43. The monoisotopic (exact) mass is 480 g/mol. The number of furan rings is 1. The molecule has 0 spiro atoms. The highest BCUT2D eigenvalue weighted by Crippen LogP contribution is 2.28. The maximum absolute atomic E-state index is 13.2. The number of halogens is 1. The lowest BCUT2D eigenvalue weighted by Crippen LogP contribution is -2.31. The number of carbonyl (C=O) groups excluding carboxylic acids is 1. The molecule has 0 bridgehead atoms. The molecule has 7 heteroatoms. The minimum absolute atomic E-state index is 0.157. The zero-order valence-electron chi connectivity index (χ0n) is 19.6. The number of rotatable bonds is 9. The highest BCUT2D eigenvalue weighted by Gasteiger charge is 2.18. The number of carbonyl (C=O) groups is 1. The molecule has 2 aromatic heterocycles. The summed E-state index contributed by atoms with van der Waals surface area (Å²) in [5.74, 6) is 1.32. The predicted octanol–water partition coefficient (Wildman–Crippen LogP) is 6.11. The van der Waals surface area contributed by atoms with Crippen molar-refractivity contribution in [2.45, 2.75) is 12.8 Å². The average Bonchev–Trinajstić information content (AvgIpc) is 3.45. The van der Waals surface area contributed by atoms with Crippen molar-refractivity contribution < 1.29 is 13.6 Å². The molecule has 6 nitrogen and oxygen atoms in total. The smallest absolute Gasteiger partial charge is 0.226 e. The second-order valence-corrected chi connectivity index (χ2v) is 8.39. The first-order valence-electron chi connectivity index (χ1n) is 11.8. The number of nitrogens with one attached hydrogen (secondary N) is 1. The van der Waals surface area contributed by atoms with Crippen LogP contribution in [0.15, 0.2) is 102 Å². The van der Waals surface area contributed by atoms with Crippen LogP contribution >= 0.6 is 0 Å². The van der Waals surface area contributed by atoms with E-state index in [9.17, 15) is 9.18 Å². The van der Waals surface area contributed by atoms with E-state index in [0.29, 0.717) is 30.4 Å². The molecule has 0 radical (unpaired) electrons. The number of fused-ring (bicyclic) bond motifs is 1. The molecule has 5 rings (SSSR count). The maximum Gasteiger partial charge on any atom is 0.226 e. The molecule has 1 amide bonds. The van der Waals surface area contributed by atoms with E-state index in [1.54, 1.807) is 24.5 Å². The summed E-state index contributed by atoms with van der Waals surface area (Å²) in [5, 5.41) is 3.74. The summed E-state index contributed by atoms with van der Waals surface area (Å²) in [6.07, 6.45) is 2.62. The van der Waals surface area contributed by atoms with Crippen LogP contribution in [0.25, 0.3) is 22.5 Å². The van der Waals surface area contributed by atoms with E-state index in [1.165, 1.54) is 17.7 Å². The third kappa shape index (κ3) is 5.58. The Bertz CT molecular complexity index is 1440. The van der Waals surface area contributed by atoms with Gasteiger partial charge in [0.1, 0.15) is 11.6 Å². The topological polar surface area (TPSA) is 71.3 Å². The van der Waals surface area contributed by atoms with Crippen LogP contribution in [0.1, 0.15) is 12.0 Å². The first-order valence-corrected chi connectivity index (χ1v) is 11.8. The van der Waals surface area contributed by atoms with E-state index in [1.807, 2.05) is 48.5 Å². The van der Waals surface area contributed by atoms with Crippen molar-refractivity contribution >= 4 is 28.3 Å². The van der Waals surface area contributed by atoms with E-state index >= 15 is 0 Å². The van der Waals surface area contributed by atoms with Crippen molar-refractivity contribution in [1.82, 2.24) is 9.97 Å². The highest BCUT2D eigenvalue weighted by atomic mass is 19.1. The number of para-hydroxylation sites is 1. The third-order valence-electron chi connectivity index (χ3n) is 5.87. The van der Waals surface area contributed by atoms with E-state index in [-0.39, 0.29) is 18.1 Å². The summed E-state index contributed by atoms with van der Waals surface area (Å²) < 4.78 is 18.8. The summed E-state index contributed by atoms with van der Waals surface area (Å²) in [7, 11) is 0. The largest absolute Gasteiger partial charge is 0.461 e. The lowest BCUT2D eigenvalue weighted by molar-refractivity contribution is -0.116. The number of nitrogens with zero attached hydrogens (tertiary/aromatic N) is 3. The number of amides is 1. The molecule has 0 aliphatic carbocycles. The molecule has 0 aliphatic heterocycles. The van der Waals surface area contributed by atoms with Crippen molar-refractivity contribution in [3.63, 3.8) is 0 Å². The van der Waals surface area contributed by atoms with Gasteiger partial charge in [0, 0.05) is 30.6 Å². The van der Waals surface area contributed by atoms with Crippen molar-refractivity contribution in [2.24, 2.45) is 0 Å². The fourth-order valence-corrected chi connectivity index (χ4v) is 4.04. The SMILES string of the molecule is O=C(CCN(CCc1ccccc1)c1nc(-c2ccco2)nc2ccccc12)Nc1ccc(F)cc1. The quantitative estimate of drug-likeness (QED) is 0.276. The molecule has 0 saturated carbocycles. The number of aromatic nitrogens is 2. The zero-order valence-corrected chi connectivity index (χ0v) is 19.6. The molecule has 0 fully saturated rings. The second-order valence-electron chi connectivity index (χ2n) is 8.39. The first kappa shape index (κ1) is 23.2. The normalized spacial score (nSPS) is 10.9. The van der Waals surface area contributed by atoms with Gasteiger partial charge in [0.25, 0.3) is 0 Å². The number of benzene rings is 3. The molecular weight excluding hydrogens is 455 g/mol. The Kier molecular flexibility index (Phi) is 6.98. The molecule has 0 unspecified atom stereocenters. The zero-order chi connectivity index (χ0) is 24.7. The summed E-state index contributed by atoms with van der Waals surface area (Å²) in [6, 6.07) is 27.4. The van der Waals surface area contributed by atoms with Crippen LogP contribution in [-0.2, 0) is 11.2 Å². The fraction of sp³-hybridized carbons (Fsp3) is 0.138.